The standard InChI is InChI=1S/C36H40N4O6/c41-21-19-39(23-25-7-3-1-4-8-25)17-15-37-27-11-12-28(38-16-18-40(20-22-42)24-26-9-5-2-6-10-26)32-31(27)35(45)33-29(43)13-14-30(44)34(33)36(32)46/h1-14,37-38,41-44H,15-24H2. The van der Waals surface area contributed by atoms with Gasteiger partial charge in [0.2, 0.25) is 11.6 Å². The number of aliphatic hydroxyl groups is 2. The van der Waals surface area contributed by atoms with Crippen LogP contribution in [0.5, 0.6) is 11.5 Å². The molecule has 0 aliphatic heterocycles. The zero-order valence-corrected chi connectivity index (χ0v) is 25.7. The van der Waals surface area contributed by atoms with E-state index in [1.807, 2.05) is 60.7 Å². The quantitative estimate of drug-likeness (QED) is 0.0900. The van der Waals surface area contributed by atoms with E-state index >= 15 is 0 Å². The van der Waals surface area contributed by atoms with Gasteiger partial charge in [0.15, 0.2) is 0 Å². The van der Waals surface area contributed by atoms with E-state index in [0.717, 1.165) is 11.1 Å². The maximum atomic E-state index is 13.9. The molecule has 0 saturated heterocycles. The van der Waals surface area contributed by atoms with Crippen molar-refractivity contribution in [3.8, 4) is 11.5 Å². The third-order valence-corrected chi connectivity index (χ3v) is 8.09. The Morgan fingerprint density at radius 2 is 0.891 bits per heavy atom. The van der Waals surface area contributed by atoms with Crippen molar-refractivity contribution in [1.82, 2.24) is 9.80 Å². The third kappa shape index (κ3) is 7.55. The molecule has 240 valence electrons. The minimum Gasteiger partial charge on any atom is -0.507 e. The third-order valence-electron chi connectivity index (χ3n) is 8.09. The fourth-order valence-corrected chi connectivity index (χ4v) is 5.86. The highest BCUT2D eigenvalue weighted by Gasteiger charge is 2.38. The van der Waals surface area contributed by atoms with Crippen LogP contribution in [0.1, 0.15) is 43.0 Å². The van der Waals surface area contributed by atoms with E-state index < -0.39 is 11.6 Å². The summed E-state index contributed by atoms with van der Waals surface area (Å²) in [5, 5.41) is 47.1. The summed E-state index contributed by atoms with van der Waals surface area (Å²) in [4.78, 5) is 32.1. The summed E-state index contributed by atoms with van der Waals surface area (Å²) in [6, 6.07) is 25.7. The lowest BCUT2D eigenvalue weighted by Crippen LogP contribution is -2.32. The Balaban J connectivity index is 1.38. The Bertz CT molecular complexity index is 1530. The lowest BCUT2D eigenvalue weighted by atomic mass is 9.81. The second kappa shape index (κ2) is 15.5. The highest BCUT2D eigenvalue weighted by Crippen LogP contribution is 2.42. The first-order valence-corrected chi connectivity index (χ1v) is 15.4. The lowest BCUT2D eigenvalue weighted by Gasteiger charge is -2.27. The van der Waals surface area contributed by atoms with E-state index in [4.69, 9.17) is 0 Å². The number of phenols is 2. The van der Waals surface area contributed by atoms with E-state index in [1.165, 1.54) is 12.1 Å². The Kier molecular flexibility index (Phi) is 11.0. The number of aliphatic hydroxyl groups excluding tert-OH is 2. The molecule has 0 bridgehead atoms. The van der Waals surface area contributed by atoms with Crippen LogP contribution in [-0.2, 0) is 13.1 Å². The molecule has 6 N–H and O–H groups in total. The monoisotopic (exact) mass is 624 g/mol. The van der Waals surface area contributed by atoms with E-state index in [-0.39, 0.29) is 47.0 Å². The van der Waals surface area contributed by atoms with Gasteiger partial charge in [-0.05, 0) is 35.4 Å². The van der Waals surface area contributed by atoms with Crippen molar-refractivity contribution in [2.75, 3.05) is 63.1 Å². The number of nitrogens with one attached hydrogen (secondary N) is 2. The fraction of sp³-hybridized carbons (Fsp3) is 0.278. The molecule has 10 nitrogen and oxygen atoms in total. The first-order valence-electron chi connectivity index (χ1n) is 15.4. The number of fused-ring (bicyclic) bond motifs is 2. The summed E-state index contributed by atoms with van der Waals surface area (Å²) in [5.41, 5.74) is 2.88. The van der Waals surface area contributed by atoms with Crippen LogP contribution in [0.3, 0.4) is 0 Å². The second-order valence-electron chi connectivity index (χ2n) is 11.2. The van der Waals surface area contributed by atoms with Crippen LogP contribution in [0.15, 0.2) is 84.9 Å². The second-order valence-corrected chi connectivity index (χ2v) is 11.2. The number of carbonyl (C=O) groups excluding carboxylic acids is 2. The summed E-state index contributed by atoms with van der Waals surface area (Å²) in [6.07, 6.45) is 0. The highest BCUT2D eigenvalue weighted by molar-refractivity contribution is 6.33. The van der Waals surface area contributed by atoms with Gasteiger partial charge in [0.25, 0.3) is 0 Å². The maximum Gasteiger partial charge on any atom is 0.200 e. The highest BCUT2D eigenvalue weighted by atomic mass is 16.3. The predicted octanol–water partition coefficient (Wildman–Crippen LogP) is 3.69. The van der Waals surface area contributed by atoms with Crippen molar-refractivity contribution < 1.29 is 30.0 Å². The van der Waals surface area contributed by atoms with Crippen molar-refractivity contribution >= 4 is 22.9 Å². The number of anilines is 2. The molecule has 0 saturated carbocycles. The molecule has 0 aromatic heterocycles. The topological polar surface area (TPSA) is 146 Å². The van der Waals surface area contributed by atoms with Crippen LogP contribution in [-0.4, -0.2) is 94.3 Å². The van der Waals surface area contributed by atoms with Crippen molar-refractivity contribution in [3.63, 3.8) is 0 Å². The number of phenolic OH excluding ortho intramolecular Hbond substituents is 2. The molecule has 1 aliphatic carbocycles. The molecule has 4 aromatic carbocycles. The summed E-state index contributed by atoms with van der Waals surface area (Å²) >= 11 is 0. The number of rotatable bonds is 16. The van der Waals surface area contributed by atoms with Gasteiger partial charge in [-0.25, -0.2) is 0 Å². The molecule has 0 amide bonds. The Hall–Kier alpha value is -4.74. The molecular formula is C36H40N4O6. The van der Waals surface area contributed by atoms with Crippen molar-refractivity contribution in [2.45, 2.75) is 13.1 Å². The van der Waals surface area contributed by atoms with E-state index in [0.29, 0.717) is 63.7 Å². The minimum absolute atomic E-state index is 0.00375. The largest absolute Gasteiger partial charge is 0.507 e. The number of ketones is 2. The number of hydrogen-bond acceptors (Lipinski definition) is 10. The Morgan fingerprint density at radius 1 is 0.500 bits per heavy atom. The van der Waals surface area contributed by atoms with Crippen LogP contribution in [0.4, 0.5) is 11.4 Å². The molecule has 5 rings (SSSR count). The van der Waals surface area contributed by atoms with Crippen molar-refractivity contribution in [2.24, 2.45) is 0 Å². The average molecular weight is 625 g/mol. The lowest BCUT2D eigenvalue weighted by molar-refractivity contribution is 0.0975. The van der Waals surface area contributed by atoms with Gasteiger partial charge in [0.05, 0.1) is 35.5 Å². The van der Waals surface area contributed by atoms with Gasteiger partial charge in [0.1, 0.15) is 11.5 Å². The minimum atomic E-state index is -0.563. The number of nitrogens with zero attached hydrogens (tertiary/aromatic N) is 2. The molecule has 0 atom stereocenters. The van der Waals surface area contributed by atoms with Gasteiger partial charge in [-0.15, -0.1) is 0 Å². The Morgan fingerprint density at radius 3 is 1.26 bits per heavy atom. The summed E-state index contributed by atoms with van der Waals surface area (Å²) in [7, 11) is 0. The van der Waals surface area contributed by atoms with Gasteiger partial charge in [-0.3, -0.25) is 19.4 Å². The van der Waals surface area contributed by atoms with E-state index in [9.17, 15) is 30.0 Å². The molecule has 1 aliphatic rings. The zero-order chi connectivity index (χ0) is 32.5. The van der Waals surface area contributed by atoms with Crippen LogP contribution >= 0.6 is 0 Å². The molecule has 4 aromatic rings. The van der Waals surface area contributed by atoms with Crippen LogP contribution < -0.4 is 10.6 Å². The molecular weight excluding hydrogens is 584 g/mol. The predicted molar refractivity (Wildman–Crippen MR) is 178 cm³/mol. The molecule has 10 heteroatoms. The average Bonchev–Trinajstić information content (AvgIpc) is 3.06. The first-order chi connectivity index (χ1) is 22.4. The SMILES string of the molecule is O=C1c2c(O)ccc(O)c2C(=O)c2c(NCCN(CCO)Cc3ccccc3)ccc(NCCN(CCO)Cc3ccccc3)c21. The van der Waals surface area contributed by atoms with E-state index in [2.05, 4.69) is 20.4 Å². The molecule has 0 radical (unpaired) electrons. The van der Waals surface area contributed by atoms with Gasteiger partial charge >= 0.3 is 0 Å². The van der Waals surface area contributed by atoms with Gasteiger partial charge in [-0.1, -0.05) is 60.7 Å². The smallest absolute Gasteiger partial charge is 0.200 e. The van der Waals surface area contributed by atoms with E-state index in [1.54, 1.807) is 12.1 Å². The normalized spacial score (nSPS) is 12.3. The van der Waals surface area contributed by atoms with Gasteiger partial charge in [-0.2, -0.15) is 0 Å². The number of hydrogen-bond donors (Lipinski definition) is 6. The van der Waals surface area contributed by atoms with Crippen molar-refractivity contribution in [1.29, 1.82) is 0 Å². The number of carbonyl (C=O) groups is 2. The maximum absolute atomic E-state index is 13.9. The van der Waals surface area contributed by atoms with Crippen LogP contribution in [0.2, 0.25) is 0 Å². The molecule has 0 spiro atoms. The molecule has 46 heavy (non-hydrogen) atoms. The molecule has 0 unspecified atom stereocenters. The van der Waals surface area contributed by atoms with Crippen LogP contribution in [0, 0.1) is 0 Å². The van der Waals surface area contributed by atoms with Crippen molar-refractivity contribution in [3.05, 3.63) is 118 Å². The summed E-state index contributed by atoms with van der Waals surface area (Å²) < 4.78 is 0. The summed E-state index contributed by atoms with van der Waals surface area (Å²) in [5.74, 6) is -1.88. The van der Waals surface area contributed by atoms with Crippen LogP contribution in [0.25, 0.3) is 0 Å². The Labute approximate surface area is 268 Å². The van der Waals surface area contributed by atoms with Gasteiger partial charge in [0, 0.05) is 63.7 Å². The fourth-order valence-electron chi connectivity index (χ4n) is 5.86. The summed E-state index contributed by atoms with van der Waals surface area (Å²) in [6.45, 7) is 4.14. The first kappa shape index (κ1) is 32.6. The molecule has 0 fully saturated rings. The number of aromatic hydroxyl groups is 2. The molecule has 0 heterocycles. The zero-order valence-electron chi connectivity index (χ0n) is 25.7. The number of benzene rings is 4. The van der Waals surface area contributed by atoms with Gasteiger partial charge < -0.3 is 31.1 Å².